The van der Waals surface area contributed by atoms with E-state index in [-0.39, 0.29) is 17.5 Å². The van der Waals surface area contributed by atoms with Gasteiger partial charge in [-0.1, -0.05) is 38.1 Å². The van der Waals surface area contributed by atoms with Crippen LogP contribution in [0.1, 0.15) is 25.0 Å². The van der Waals surface area contributed by atoms with Crippen molar-refractivity contribution >= 4 is 27.5 Å². The minimum Gasteiger partial charge on any atom is -0.366 e. The smallest absolute Gasteiger partial charge is 0.366 e. The van der Waals surface area contributed by atoms with Gasteiger partial charge in [0.2, 0.25) is 0 Å². The summed E-state index contributed by atoms with van der Waals surface area (Å²) in [5.74, 6) is 0.303. The molecule has 5 aromatic rings. The first-order chi connectivity index (χ1) is 17.3. The zero-order valence-corrected chi connectivity index (χ0v) is 20.0. The lowest BCUT2D eigenvalue weighted by Crippen LogP contribution is -2.12. The molecule has 184 valence electrons. The molecule has 6 nitrogen and oxygen atoms in total. The van der Waals surface area contributed by atoms with E-state index in [0.717, 1.165) is 17.2 Å². The SMILES string of the molecule is CC.Cn1cc(-c2cnc3ccc4cnc(NCc5ccccc5C(F)(F)F)cc4c(=O)c3c2)cn1. The van der Waals surface area contributed by atoms with Gasteiger partial charge in [-0.3, -0.25) is 14.5 Å². The Hall–Kier alpha value is -4.27. The Kier molecular flexibility index (Phi) is 7.00. The van der Waals surface area contributed by atoms with Crippen LogP contribution in [0.4, 0.5) is 19.0 Å². The number of pyridine rings is 2. The second kappa shape index (κ2) is 10.2. The summed E-state index contributed by atoms with van der Waals surface area (Å²) in [5.41, 5.74) is 1.26. The van der Waals surface area contributed by atoms with Crippen LogP contribution in [-0.4, -0.2) is 19.7 Å². The molecule has 36 heavy (non-hydrogen) atoms. The number of nitrogens with one attached hydrogen (secondary N) is 1. The van der Waals surface area contributed by atoms with Crippen molar-refractivity contribution in [3.63, 3.8) is 0 Å². The van der Waals surface area contributed by atoms with Crippen molar-refractivity contribution in [2.75, 3.05) is 5.32 Å². The molecule has 0 saturated carbocycles. The highest BCUT2D eigenvalue weighted by atomic mass is 19.4. The fourth-order valence-corrected chi connectivity index (χ4v) is 3.86. The highest BCUT2D eigenvalue weighted by molar-refractivity contribution is 5.93. The number of fused-ring (bicyclic) bond motifs is 2. The lowest BCUT2D eigenvalue weighted by molar-refractivity contribution is -0.138. The number of aryl methyl sites for hydroxylation is 1. The first kappa shape index (κ1) is 24.8. The molecule has 0 saturated heterocycles. The molecule has 0 aliphatic carbocycles. The van der Waals surface area contributed by atoms with Crippen molar-refractivity contribution in [3.8, 4) is 11.1 Å². The Morgan fingerprint density at radius 1 is 0.917 bits per heavy atom. The summed E-state index contributed by atoms with van der Waals surface area (Å²) in [6, 6.07) is 12.2. The number of hydrogen-bond acceptors (Lipinski definition) is 5. The first-order valence-electron chi connectivity index (χ1n) is 11.4. The zero-order valence-electron chi connectivity index (χ0n) is 20.0. The van der Waals surface area contributed by atoms with E-state index < -0.39 is 11.7 Å². The topological polar surface area (TPSA) is 72.7 Å². The molecule has 0 spiro atoms. The van der Waals surface area contributed by atoms with E-state index in [1.54, 1.807) is 54.5 Å². The molecule has 0 fully saturated rings. The van der Waals surface area contributed by atoms with Gasteiger partial charge in [-0.05, 0) is 29.8 Å². The van der Waals surface area contributed by atoms with Gasteiger partial charge >= 0.3 is 6.18 Å². The molecule has 0 atom stereocenters. The Balaban J connectivity index is 0.00000148. The van der Waals surface area contributed by atoms with Gasteiger partial charge in [0.15, 0.2) is 5.43 Å². The average Bonchev–Trinajstić information content (AvgIpc) is 3.27. The van der Waals surface area contributed by atoms with Gasteiger partial charge in [0.05, 0.1) is 17.3 Å². The van der Waals surface area contributed by atoms with E-state index >= 15 is 0 Å². The van der Waals surface area contributed by atoms with Gasteiger partial charge in [0, 0.05) is 59.5 Å². The van der Waals surface area contributed by atoms with Crippen LogP contribution in [0.2, 0.25) is 0 Å². The predicted molar refractivity (Wildman–Crippen MR) is 136 cm³/mol. The van der Waals surface area contributed by atoms with Crippen molar-refractivity contribution in [2.24, 2.45) is 7.05 Å². The van der Waals surface area contributed by atoms with Crippen LogP contribution in [-0.2, 0) is 19.8 Å². The molecule has 0 bridgehead atoms. The van der Waals surface area contributed by atoms with Gasteiger partial charge < -0.3 is 5.32 Å². The molecule has 0 amide bonds. The van der Waals surface area contributed by atoms with E-state index in [2.05, 4.69) is 20.4 Å². The molecule has 2 aromatic carbocycles. The molecule has 3 heterocycles. The highest BCUT2D eigenvalue weighted by Crippen LogP contribution is 2.32. The summed E-state index contributed by atoms with van der Waals surface area (Å²) >= 11 is 0. The number of nitrogens with zero attached hydrogens (tertiary/aromatic N) is 4. The Labute approximate surface area is 205 Å². The number of aromatic nitrogens is 4. The standard InChI is InChI=1S/C25H18F3N5O.C2H6/c1-33-14-18(13-32-33)17-8-20-22(29-12-17)7-6-15-10-30-23(9-19(15)24(20)34)31-11-16-4-2-3-5-21(16)25(26,27)28;1-2/h2-10,12-14H,11H2,1H3,(H,30,31);1-2H3. The molecular formula is C27H24F3N5O. The largest absolute Gasteiger partial charge is 0.416 e. The van der Waals surface area contributed by atoms with Crippen LogP contribution >= 0.6 is 0 Å². The highest BCUT2D eigenvalue weighted by Gasteiger charge is 2.32. The minimum atomic E-state index is -4.46. The van der Waals surface area contributed by atoms with Crippen molar-refractivity contribution in [1.82, 2.24) is 19.7 Å². The molecule has 0 aliphatic rings. The number of hydrogen-bond donors (Lipinski definition) is 1. The lowest BCUT2D eigenvalue weighted by atomic mass is 10.1. The molecule has 0 radical (unpaired) electrons. The number of anilines is 1. The van der Waals surface area contributed by atoms with Crippen LogP contribution in [0, 0.1) is 0 Å². The summed E-state index contributed by atoms with van der Waals surface area (Å²) < 4.78 is 41.5. The van der Waals surface area contributed by atoms with Gasteiger partial charge in [-0.15, -0.1) is 0 Å². The maximum Gasteiger partial charge on any atom is 0.416 e. The number of alkyl halides is 3. The second-order valence-corrected chi connectivity index (χ2v) is 7.89. The van der Waals surface area contributed by atoms with Gasteiger partial charge in [0.25, 0.3) is 0 Å². The fraction of sp³-hybridized carbons (Fsp3) is 0.185. The third-order valence-electron chi connectivity index (χ3n) is 5.58. The summed E-state index contributed by atoms with van der Waals surface area (Å²) in [7, 11) is 1.80. The molecule has 5 rings (SSSR count). The monoisotopic (exact) mass is 491 g/mol. The lowest BCUT2D eigenvalue weighted by Gasteiger charge is -2.13. The zero-order chi connectivity index (χ0) is 25.9. The normalized spacial score (nSPS) is 11.3. The first-order valence-corrected chi connectivity index (χ1v) is 11.4. The molecule has 3 aromatic heterocycles. The van der Waals surface area contributed by atoms with Gasteiger partial charge in [-0.25, -0.2) is 4.98 Å². The Bertz CT molecular complexity index is 1590. The molecule has 0 aliphatic heterocycles. The van der Waals surface area contributed by atoms with Crippen LogP contribution in [0.25, 0.3) is 32.8 Å². The van der Waals surface area contributed by atoms with Crippen LogP contribution in [0.15, 0.2) is 78.1 Å². The number of benzene rings is 1. The van der Waals surface area contributed by atoms with Crippen molar-refractivity contribution < 1.29 is 13.2 Å². The van der Waals surface area contributed by atoms with E-state index in [0.29, 0.717) is 27.5 Å². The fourth-order valence-electron chi connectivity index (χ4n) is 3.86. The summed E-state index contributed by atoms with van der Waals surface area (Å²) in [5, 5.41) is 8.50. The third-order valence-corrected chi connectivity index (χ3v) is 5.58. The Morgan fingerprint density at radius 2 is 1.69 bits per heavy atom. The summed E-state index contributed by atoms with van der Waals surface area (Å²) in [6.07, 6.45) is 2.28. The predicted octanol–water partition coefficient (Wildman–Crippen LogP) is 6.20. The van der Waals surface area contributed by atoms with Crippen molar-refractivity contribution in [2.45, 2.75) is 26.6 Å². The van der Waals surface area contributed by atoms with Crippen molar-refractivity contribution in [3.05, 3.63) is 94.7 Å². The van der Waals surface area contributed by atoms with Crippen LogP contribution < -0.4 is 10.7 Å². The maximum atomic E-state index is 13.4. The average molecular weight is 492 g/mol. The number of halogens is 3. The molecular weight excluding hydrogens is 467 g/mol. The molecule has 9 heteroatoms. The van der Waals surface area contributed by atoms with E-state index in [1.165, 1.54) is 18.3 Å². The number of rotatable bonds is 4. The summed E-state index contributed by atoms with van der Waals surface area (Å²) in [4.78, 5) is 22.1. The van der Waals surface area contributed by atoms with Crippen molar-refractivity contribution in [1.29, 1.82) is 0 Å². The molecule has 1 N–H and O–H groups in total. The second-order valence-electron chi connectivity index (χ2n) is 7.89. The third kappa shape index (κ3) is 5.05. The van der Waals surface area contributed by atoms with E-state index in [4.69, 9.17) is 0 Å². The van der Waals surface area contributed by atoms with E-state index in [9.17, 15) is 18.0 Å². The van der Waals surface area contributed by atoms with Crippen LogP contribution in [0.3, 0.4) is 0 Å². The maximum absolute atomic E-state index is 13.4. The molecule has 0 unspecified atom stereocenters. The minimum absolute atomic E-state index is 0.0885. The Morgan fingerprint density at radius 3 is 2.42 bits per heavy atom. The van der Waals surface area contributed by atoms with Crippen LogP contribution in [0.5, 0.6) is 0 Å². The van der Waals surface area contributed by atoms with Gasteiger partial charge in [-0.2, -0.15) is 18.3 Å². The van der Waals surface area contributed by atoms with Gasteiger partial charge in [0.1, 0.15) is 5.82 Å². The quantitative estimate of drug-likeness (QED) is 0.324. The summed E-state index contributed by atoms with van der Waals surface area (Å²) in [6.45, 7) is 3.91. The van der Waals surface area contributed by atoms with E-state index in [1.807, 2.05) is 20.0 Å².